The van der Waals surface area contributed by atoms with Gasteiger partial charge in [0.25, 0.3) is 0 Å². The maximum Gasteiger partial charge on any atom is 0.313 e. The van der Waals surface area contributed by atoms with Crippen LogP contribution in [0.25, 0.3) is 11.1 Å². The molecule has 0 saturated heterocycles. The molecule has 1 aromatic heterocycles. The molecule has 2 amide bonds. The van der Waals surface area contributed by atoms with E-state index in [9.17, 15) is 9.59 Å². The summed E-state index contributed by atoms with van der Waals surface area (Å²) in [5, 5.41) is 5.24. The third-order valence-corrected chi connectivity index (χ3v) is 4.68. The lowest BCUT2D eigenvalue weighted by atomic mass is 10.1. The number of carbonyl (C=O) groups excluding carboxylic acids is 2. The Morgan fingerprint density at radius 1 is 0.840 bits per heavy atom. The van der Waals surface area contributed by atoms with E-state index in [1.54, 1.807) is 23.5 Å². The van der Waals surface area contributed by atoms with Crippen LogP contribution in [0.5, 0.6) is 0 Å². The third kappa shape index (κ3) is 4.55. The van der Waals surface area contributed by atoms with Crippen molar-refractivity contribution in [3.05, 3.63) is 76.5 Å². The molecule has 0 atom stereocenters. The van der Waals surface area contributed by atoms with Crippen LogP contribution in [-0.2, 0) is 16.1 Å². The normalized spacial score (nSPS) is 10.3. The number of aryl methyl sites for hydroxylation is 1. The second-order valence-corrected chi connectivity index (χ2v) is 6.96. The van der Waals surface area contributed by atoms with Gasteiger partial charge < -0.3 is 10.6 Å². The number of benzene rings is 2. The molecule has 0 aliphatic rings. The standard InChI is InChI=1S/C20H18N2O2S/c1-14-7-12-18(25-14)13-21-19(23)20(24)22-17-10-8-16(9-11-17)15-5-3-2-4-6-15/h2-12H,13H2,1H3,(H,21,23)(H,22,24). The zero-order valence-electron chi connectivity index (χ0n) is 13.8. The molecule has 0 saturated carbocycles. The van der Waals surface area contributed by atoms with Gasteiger partial charge in [-0.3, -0.25) is 9.59 Å². The molecule has 0 bridgehead atoms. The van der Waals surface area contributed by atoms with Gasteiger partial charge in [-0.1, -0.05) is 42.5 Å². The van der Waals surface area contributed by atoms with Gasteiger partial charge in [-0.2, -0.15) is 0 Å². The summed E-state index contributed by atoms with van der Waals surface area (Å²) in [4.78, 5) is 26.1. The van der Waals surface area contributed by atoms with E-state index in [-0.39, 0.29) is 0 Å². The summed E-state index contributed by atoms with van der Waals surface area (Å²) in [6.07, 6.45) is 0. The largest absolute Gasteiger partial charge is 0.343 e. The van der Waals surface area contributed by atoms with E-state index in [2.05, 4.69) is 10.6 Å². The molecule has 3 aromatic rings. The van der Waals surface area contributed by atoms with Gasteiger partial charge in [-0.15, -0.1) is 11.3 Å². The lowest BCUT2D eigenvalue weighted by Crippen LogP contribution is -2.34. The van der Waals surface area contributed by atoms with Gasteiger partial charge in [0.1, 0.15) is 0 Å². The molecule has 4 nitrogen and oxygen atoms in total. The predicted octanol–water partition coefficient (Wildman–Crippen LogP) is 3.98. The van der Waals surface area contributed by atoms with Gasteiger partial charge in [-0.05, 0) is 42.3 Å². The summed E-state index contributed by atoms with van der Waals surface area (Å²) in [5.74, 6) is -1.31. The third-order valence-electron chi connectivity index (χ3n) is 3.68. The fraction of sp³-hybridized carbons (Fsp3) is 0.100. The smallest absolute Gasteiger partial charge is 0.313 e. The molecule has 1 heterocycles. The van der Waals surface area contributed by atoms with Gasteiger partial charge >= 0.3 is 11.8 Å². The van der Waals surface area contributed by atoms with Crippen LogP contribution in [0, 0.1) is 6.92 Å². The van der Waals surface area contributed by atoms with E-state index >= 15 is 0 Å². The van der Waals surface area contributed by atoms with Crippen LogP contribution in [0.4, 0.5) is 5.69 Å². The van der Waals surface area contributed by atoms with Crippen LogP contribution in [0.1, 0.15) is 9.75 Å². The van der Waals surface area contributed by atoms with Crippen LogP contribution in [-0.4, -0.2) is 11.8 Å². The Morgan fingerprint density at radius 3 is 2.16 bits per heavy atom. The van der Waals surface area contributed by atoms with Gasteiger partial charge in [-0.25, -0.2) is 0 Å². The fourth-order valence-electron chi connectivity index (χ4n) is 2.39. The van der Waals surface area contributed by atoms with Gasteiger partial charge in [0, 0.05) is 15.4 Å². The van der Waals surface area contributed by atoms with Crippen molar-refractivity contribution in [2.24, 2.45) is 0 Å². The van der Waals surface area contributed by atoms with Crippen molar-refractivity contribution < 1.29 is 9.59 Å². The molecular formula is C20H18N2O2S. The van der Waals surface area contributed by atoms with Crippen LogP contribution in [0.15, 0.2) is 66.7 Å². The summed E-state index contributed by atoms with van der Waals surface area (Å²) < 4.78 is 0. The zero-order chi connectivity index (χ0) is 17.6. The zero-order valence-corrected chi connectivity index (χ0v) is 14.6. The van der Waals surface area contributed by atoms with Crippen molar-refractivity contribution in [3.63, 3.8) is 0 Å². The first kappa shape index (κ1) is 16.9. The Hall–Kier alpha value is -2.92. The van der Waals surface area contributed by atoms with Crippen LogP contribution < -0.4 is 10.6 Å². The van der Waals surface area contributed by atoms with Crippen LogP contribution in [0.3, 0.4) is 0 Å². The SMILES string of the molecule is Cc1ccc(CNC(=O)C(=O)Nc2ccc(-c3ccccc3)cc2)s1. The van der Waals surface area contributed by atoms with E-state index in [0.717, 1.165) is 16.0 Å². The molecule has 126 valence electrons. The summed E-state index contributed by atoms with van der Waals surface area (Å²) in [6, 6.07) is 21.3. The molecule has 0 radical (unpaired) electrons. The van der Waals surface area contributed by atoms with Crippen molar-refractivity contribution in [2.45, 2.75) is 13.5 Å². The van der Waals surface area contributed by atoms with E-state index in [0.29, 0.717) is 12.2 Å². The topological polar surface area (TPSA) is 58.2 Å². The molecule has 2 aromatic carbocycles. The highest BCUT2D eigenvalue weighted by molar-refractivity contribution is 7.11. The van der Waals surface area contributed by atoms with Crippen molar-refractivity contribution in [1.82, 2.24) is 5.32 Å². The lowest BCUT2D eigenvalue weighted by Gasteiger charge is -2.07. The summed E-state index contributed by atoms with van der Waals surface area (Å²) >= 11 is 1.60. The van der Waals surface area contributed by atoms with Crippen molar-refractivity contribution >= 4 is 28.8 Å². The first-order valence-electron chi connectivity index (χ1n) is 7.92. The summed E-state index contributed by atoms with van der Waals surface area (Å²) in [7, 11) is 0. The highest BCUT2D eigenvalue weighted by Gasteiger charge is 2.13. The minimum atomic E-state index is -0.666. The second-order valence-electron chi connectivity index (χ2n) is 5.59. The summed E-state index contributed by atoms with van der Waals surface area (Å²) in [5.41, 5.74) is 2.74. The Bertz CT molecular complexity index is 870. The molecule has 0 aliphatic carbocycles. The van der Waals surface area contributed by atoms with E-state index in [4.69, 9.17) is 0 Å². The fourth-order valence-corrected chi connectivity index (χ4v) is 3.22. The number of amides is 2. The Kier molecular flexibility index (Phi) is 5.26. The van der Waals surface area contributed by atoms with Crippen molar-refractivity contribution in [2.75, 3.05) is 5.32 Å². The average molecular weight is 350 g/mol. The molecule has 0 spiro atoms. The molecule has 3 rings (SSSR count). The van der Waals surface area contributed by atoms with Crippen LogP contribution in [0.2, 0.25) is 0 Å². The first-order valence-corrected chi connectivity index (χ1v) is 8.73. The van der Waals surface area contributed by atoms with E-state index < -0.39 is 11.8 Å². The van der Waals surface area contributed by atoms with E-state index in [1.165, 1.54) is 4.88 Å². The number of rotatable bonds is 4. The first-order chi connectivity index (χ1) is 12.1. The Balaban J connectivity index is 1.56. The number of thiophene rings is 1. The number of nitrogens with one attached hydrogen (secondary N) is 2. The van der Waals surface area contributed by atoms with Gasteiger partial charge in [0.05, 0.1) is 6.54 Å². The minimum Gasteiger partial charge on any atom is -0.343 e. The molecular weight excluding hydrogens is 332 g/mol. The summed E-state index contributed by atoms with van der Waals surface area (Å²) in [6.45, 7) is 2.36. The molecule has 0 unspecified atom stereocenters. The number of anilines is 1. The molecule has 0 fully saturated rings. The average Bonchev–Trinajstić information content (AvgIpc) is 3.06. The molecule has 25 heavy (non-hydrogen) atoms. The lowest BCUT2D eigenvalue weighted by molar-refractivity contribution is -0.136. The predicted molar refractivity (Wildman–Crippen MR) is 101 cm³/mol. The quantitative estimate of drug-likeness (QED) is 0.699. The number of hydrogen-bond acceptors (Lipinski definition) is 3. The highest BCUT2D eigenvalue weighted by Crippen LogP contribution is 2.21. The second kappa shape index (κ2) is 7.77. The Morgan fingerprint density at radius 2 is 1.52 bits per heavy atom. The molecule has 5 heteroatoms. The molecule has 2 N–H and O–H groups in total. The van der Waals surface area contributed by atoms with Gasteiger partial charge in [0.2, 0.25) is 0 Å². The monoisotopic (exact) mass is 350 g/mol. The highest BCUT2D eigenvalue weighted by atomic mass is 32.1. The van der Waals surface area contributed by atoms with Crippen molar-refractivity contribution in [3.8, 4) is 11.1 Å². The van der Waals surface area contributed by atoms with E-state index in [1.807, 2.05) is 61.5 Å². The van der Waals surface area contributed by atoms with Crippen molar-refractivity contribution in [1.29, 1.82) is 0 Å². The number of carbonyl (C=O) groups is 2. The number of hydrogen-bond donors (Lipinski definition) is 2. The maximum absolute atomic E-state index is 12.0. The minimum absolute atomic E-state index is 0.359. The molecule has 0 aliphatic heterocycles. The van der Waals surface area contributed by atoms with Crippen LogP contribution >= 0.6 is 11.3 Å². The maximum atomic E-state index is 12.0. The Labute approximate surface area is 150 Å². The van der Waals surface area contributed by atoms with Gasteiger partial charge in [0.15, 0.2) is 0 Å².